The van der Waals surface area contributed by atoms with Crippen LogP contribution in [0.4, 0.5) is 0 Å². The minimum absolute atomic E-state index is 0.454. The molecule has 0 amide bonds. The van der Waals surface area contributed by atoms with Crippen molar-refractivity contribution in [3.63, 3.8) is 0 Å². The average molecular weight is 303 g/mol. The van der Waals surface area contributed by atoms with Gasteiger partial charge in [0.25, 0.3) is 0 Å². The Balaban J connectivity index is 0.000000297. The molecule has 0 saturated carbocycles. The number of rotatable bonds is 2. The Kier molecular flexibility index (Phi) is 12.7. The molecular weight excluding hydrogens is 282 g/mol. The molecule has 0 spiro atoms. The quantitative estimate of drug-likeness (QED) is 0.343. The van der Waals surface area contributed by atoms with Crippen molar-refractivity contribution in [1.29, 1.82) is 0 Å². The molecule has 21 heavy (non-hydrogen) atoms. The summed E-state index contributed by atoms with van der Waals surface area (Å²) in [6.07, 6.45) is 1.44. The van der Waals surface area contributed by atoms with Gasteiger partial charge in [-0.25, -0.2) is 5.84 Å². The summed E-state index contributed by atoms with van der Waals surface area (Å²) < 4.78 is 0. The lowest BCUT2D eigenvalue weighted by Gasteiger charge is -1.95. The fourth-order valence-corrected chi connectivity index (χ4v) is 1.17. The summed E-state index contributed by atoms with van der Waals surface area (Å²) in [4.78, 5) is 9.97. The van der Waals surface area contributed by atoms with E-state index in [2.05, 4.69) is 23.0 Å². The summed E-state index contributed by atoms with van der Waals surface area (Å²) in [5.41, 5.74) is 3.31. The number of aldehydes is 1. The molecule has 0 atom stereocenters. The maximum Gasteiger partial charge on any atom is 0.180 e. The van der Waals surface area contributed by atoms with E-state index in [0.717, 1.165) is 11.8 Å². The summed E-state index contributed by atoms with van der Waals surface area (Å²) in [7, 11) is 1.70. The van der Waals surface area contributed by atoms with Crippen molar-refractivity contribution < 1.29 is 4.79 Å². The SMILES string of the molecule is CNC(=S)NN.O=CCc1ccccc1.c1ccccc1. The van der Waals surface area contributed by atoms with E-state index in [1.807, 2.05) is 66.7 Å². The van der Waals surface area contributed by atoms with Gasteiger partial charge in [0.05, 0.1) is 0 Å². The number of hydrogen-bond acceptors (Lipinski definition) is 3. The summed E-state index contributed by atoms with van der Waals surface area (Å²) in [5, 5.41) is 3.06. The minimum Gasteiger partial charge on any atom is -0.365 e. The van der Waals surface area contributed by atoms with E-state index < -0.39 is 0 Å². The molecular formula is C16H21N3OS. The van der Waals surface area contributed by atoms with Gasteiger partial charge < -0.3 is 15.5 Å². The van der Waals surface area contributed by atoms with Gasteiger partial charge >= 0.3 is 0 Å². The van der Waals surface area contributed by atoms with Gasteiger partial charge in [0.1, 0.15) is 6.29 Å². The molecule has 4 N–H and O–H groups in total. The fraction of sp³-hybridized carbons (Fsp3) is 0.125. The van der Waals surface area contributed by atoms with Gasteiger partial charge in [0.15, 0.2) is 5.11 Å². The standard InChI is InChI=1S/C8H8O.C6H6.C2H7N3S/c9-7-6-8-4-2-1-3-5-8;1-2-4-6-5-3-1;1-4-2(6)5-3/h1-5,7H,6H2;1-6H;3H2,1H3,(H2,4,5,6). The second kappa shape index (κ2) is 14.2. The normalized spacial score (nSPS) is 8.10. The van der Waals surface area contributed by atoms with E-state index in [1.54, 1.807) is 7.05 Å². The van der Waals surface area contributed by atoms with Gasteiger partial charge in [0, 0.05) is 13.5 Å². The number of nitrogens with one attached hydrogen (secondary N) is 2. The largest absolute Gasteiger partial charge is 0.365 e. The van der Waals surface area contributed by atoms with Crippen LogP contribution in [-0.4, -0.2) is 18.4 Å². The van der Waals surface area contributed by atoms with Crippen LogP contribution in [0.2, 0.25) is 0 Å². The Bertz CT molecular complexity index is 445. The Morgan fingerprint density at radius 2 is 1.48 bits per heavy atom. The molecule has 0 unspecified atom stereocenters. The maximum atomic E-state index is 9.97. The molecule has 4 nitrogen and oxygen atoms in total. The zero-order valence-electron chi connectivity index (χ0n) is 12.0. The first-order valence-corrected chi connectivity index (χ1v) is 6.81. The number of carbonyl (C=O) groups excluding carboxylic acids is 1. The third-order valence-electron chi connectivity index (χ3n) is 2.19. The first-order valence-electron chi connectivity index (χ1n) is 6.40. The van der Waals surface area contributed by atoms with E-state index in [9.17, 15) is 4.79 Å². The van der Waals surface area contributed by atoms with Gasteiger partial charge in [-0.05, 0) is 17.8 Å². The van der Waals surface area contributed by atoms with E-state index >= 15 is 0 Å². The number of hydrazine groups is 1. The number of nitrogens with two attached hydrogens (primary N) is 1. The molecule has 0 bridgehead atoms. The minimum atomic E-state index is 0.454. The second-order valence-electron chi connectivity index (χ2n) is 3.73. The average Bonchev–Trinajstić information content (AvgIpc) is 2.58. The van der Waals surface area contributed by atoms with Gasteiger partial charge in [-0.3, -0.25) is 0 Å². The Morgan fingerprint density at radius 3 is 1.76 bits per heavy atom. The van der Waals surface area contributed by atoms with Crippen molar-refractivity contribution in [2.45, 2.75) is 6.42 Å². The molecule has 0 aliphatic rings. The van der Waals surface area contributed by atoms with Crippen molar-refractivity contribution in [2.75, 3.05) is 7.05 Å². The predicted molar refractivity (Wildman–Crippen MR) is 91.6 cm³/mol. The summed E-state index contributed by atoms with van der Waals surface area (Å²) in [6, 6.07) is 21.7. The summed E-state index contributed by atoms with van der Waals surface area (Å²) >= 11 is 4.51. The smallest absolute Gasteiger partial charge is 0.180 e. The Labute approximate surface area is 131 Å². The monoisotopic (exact) mass is 303 g/mol. The highest BCUT2D eigenvalue weighted by molar-refractivity contribution is 7.80. The Morgan fingerprint density at radius 1 is 1.05 bits per heavy atom. The first-order chi connectivity index (χ1) is 10.2. The van der Waals surface area contributed by atoms with Crippen LogP contribution in [0.25, 0.3) is 0 Å². The summed E-state index contributed by atoms with van der Waals surface area (Å²) in [5.74, 6) is 4.83. The van der Waals surface area contributed by atoms with E-state index in [1.165, 1.54) is 0 Å². The van der Waals surface area contributed by atoms with Gasteiger partial charge in [-0.15, -0.1) is 0 Å². The molecule has 2 aromatic rings. The van der Waals surface area contributed by atoms with Gasteiger partial charge in [-0.2, -0.15) is 0 Å². The van der Waals surface area contributed by atoms with Crippen LogP contribution in [0.3, 0.4) is 0 Å². The van der Waals surface area contributed by atoms with E-state index in [4.69, 9.17) is 5.84 Å². The van der Waals surface area contributed by atoms with E-state index in [-0.39, 0.29) is 0 Å². The van der Waals surface area contributed by atoms with Crippen LogP contribution in [0.5, 0.6) is 0 Å². The highest BCUT2D eigenvalue weighted by Crippen LogP contribution is 1.96. The van der Waals surface area contributed by atoms with Crippen molar-refractivity contribution in [3.05, 3.63) is 72.3 Å². The lowest BCUT2D eigenvalue weighted by molar-refractivity contribution is -0.107. The first kappa shape index (κ1) is 18.8. The third-order valence-corrected chi connectivity index (χ3v) is 2.51. The third kappa shape index (κ3) is 12.5. The molecule has 0 fully saturated rings. The number of carbonyl (C=O) groups is 1. The fourth-order valence-electron chi connectivity index (χ4n) is 1.17. The molecule has 5 heteroatoms. The van der Waals surface area contributed by atoms with Crippen LogP contribution >= 0.6 is 12.2 Å². The molecule has 112 valence electrons. The number of benzene rings is 2. The molecule has 0 aromatic heterocycles. The molecule has 0 heterocycles. The van der Waals surface area contributed by atoms with Crippen molar-refractivity contribution in [2.24, 2.45) is 5.84 Å². The molecule has 0 aliphatic heterocycles. The highest BCUT2D eigenvalue weighted by atomic mass is 32.1. The molecule has 0 aliphatic carbocycles. The van der Waals surface area contributed by atoms with Gasteiger partial charge in [-0.1, -0.05) is 66.7 Å². The van der Waals surface area contributed by atoms with Crippen molar-refractivity contribution in [3.8, 4) is 0 Å². The van der Waals surface area contributed by atoms with Gasteiger partial charge in [0.2, 0.25) is 0 Å². The molecule has 2 aromatic carbocycles. The highest BCUT2D eigenvalue weighted by Gasteiger charge is 1.84. The predicted octanol–water partition coefficient (Wildman–Crippen LogP) is 2.07. The molecule has 0 radical (unpaired) electrons. The maximum absolute atomic E-state index is 9.97. The lowest BCUT2D eigenvalue weighted by Crippen LogP contribution is -2.37. The molecule has 2 rings (SSSR count). The van der Waals surface area contributed by atoms with Crippen LogP contribution in [0.1, 0.15) is 5.56 Å². The number of hydrogen-bond donors (Lipinski definition) is 3. The topological polar surface area (TPSA) is 67.2 Å². The van der Waals surface area contributed by atoms with E-state index in [0.29, 0.717) is 11.5 Å². The summed E-state index contributed by atoms with van der Waals surface area (Å²) in [6.45, 7) is 0. The zero-order chi connectivity index (χ0) is 15.8. The molecule has 0 saturated heterocycles. The zero-order valence-corrected chi connectivity index (χ0v) is 12.8. The second-order valence-corrected chi connectivity index (χ2v) is 4.14. The van der Waals surface area contributed by atoms with Crippen LogP contribution in [0.15, 0.2) is 66.7 Å². The Hall–Kier alpha value is -2.24. The van der Waals surface area contributed by atoms with Crippen LogP contribution in [0, 0.1) is 0 Å². The lowest BCUT2D eigenvalue weighted by atomic mass is 10.2. The van der Waals surface area contributed by atoms with Crippen molar-refractivity contribution >= 4 is 23.6 Å². The number of thiocarbonyl (C=S) groups is 1. The van der Waals surface area contributed by atoms with Crippen LogP contribution < -0.4 is 16.6 Å². The van der Waals surface area contributed by atoms with Crippen LogP contribution in [-0.2, 0) is 11.2 Å². The van der Waals surface area contributed by atoms with Crippen molar-refractivity contribution in [1.82, 2.24) is 10.7 Å².